The van der Waals surface area contributed by atoms with Crippen molar-refractivity contribution >= 4 is 36.1 Å². The van der Waals surface area contributed by atoms with Crippen LogP contribution in [0.5, 0.6) is 5.75 Å². The minimum atomic E-state index is -2.14. The quantitative estimate of drug-likeness (QED) is 0.195. The van der Waals surface area contributed by atoms with Crippen molar-refractivity contribution < 1.29 is 24.2 Å². The molecule has 0 bridgehead atoms. The molecular weight excluding hydrogens is 514 g/mol. The van der Waals surface area contributed by atoms with Crippen molar-refractivity contribution in [3.63, 3.8) is 0 Å². The van der Waals surface area contributed by atoms with E-state index < -0.39 is 25.6 Å². The van der Waals surface area contributed by atoms with E-state index in [-0.39, 0.29) is 30.8 Å². The van der Waals surface area contributed by atoms with E-state index in [2.05, 4.69) is 19.7 Å². The fourth-order valence-corrected chi connectivity index (χ4v) is 8.82. The van der Waals surface area contributed by atoms with Gasteiger partial charge in [0.15, 0.2) is 0 Å². The van der Waals surface area contributed by atoms with Crippen molar-refractivity contribution in [3.8, 4) is 17.1 Å². The number of carbonyl (C=O) groups is 2. The van der Waals surface area contributed by atoms with E-state index in [0.29, 0.717) is 47.5 Å². The number of nitrogens with zero attached hydrogens (tertiary/aromatic N) is 2. The van der Waals surface area contributed by atoms with Gasteiger partial charge in [-0.15, -0.1) is 6.58 Å². The summed E-state index contributed by atoms with van der Waals surface area (Å²) in [7, 11) is -2.14. The first-order valence-electron chi connectivity index (χ1n) is 13.2. The Morgan fingerprint density at radius 2 is 2.08 bits per heavy atom. The molecule has 1 atom stereocenters. The highest BCUT2D eigenvalue weighted by Crippen LogP contribution is 2.41. The number of aromatic hydroxyl groups is 1. The summed E-state index contributed by atoms with van der Waals surface area (Å²) in [6.45, 7) is 10.6. The van der Waals surface area contributed by atoms with Gasteiger partial charge in [-0.3, -0.25) is 9.59 Å². The molecule has 2 aromatic heterocycles. The summed E-state index contributed by atoms with van der Waals surface area (Å²) in [4.78, 5) is 44.7. The van der Waals surface area contributed by atoms with Crippen LogP contribution in [0.4, 0.5) is 0 Å². The number of cyclic esters (lactones) is 1. The number of nitrogens with two attached hydrogens (primary N) is 1. The SMILES string of the molecule is C=CC[Si](C)(C)c1c2c(nc3ccc(O)cc13)-c1cc3c(c(=O)n1C2)COC(=O)[C@@]3(CC)OC(=O)CCCN. The van der Waals surface area contributed by atoms with Gasteiger partial charge in [-0.2, -0.15) is 0 Å². The molecule has 1 aromatic carbocycles. The van der Waals surface area contributed by atoms with Crippen molar-refractivity contribution in [2.24, 2.45) is 5.73 Å². The largest absolute Gasteiger partial charge is 0.508 e. The zero-order valence-corrected chi connectivity index (χ0v) is 23.5. The second-order valence-corrected chi connectivity index (χ2v) is 15.5. The fourth-order valence-electron chi connectivity index (χ4n) is 5.95. The number of carbonyl (C=O) groups excluding carboxylic acids is 2. The molecular formula is C29H33N3O6Si. The second kappa shape index (κ2) is 9.76. The molecule has 2 aliphatic rings. The van der Waals surface area contributed by atoms with E-state index in [1.54, 1.807) is 35.8 Å². The molecule has 0 saturated heterocycles. The van der Waals surface area contributed by atoms with Crippen molar-refractivity contribution in [2.75, 3.05) is 6.54 Å². The molecule has 4 heterocycles. The monoisotopic (exact) mass is 547 g/mol. The molecule has 9 nitrogen and oxygen atoms in total. The number of phenolic OH excluding ortho intramolecular Hbond substituents is 1. The first kappa shape index (κ1) is 26.8. The van der Waals surface area contributed by atoms with Crippen LogP contribution in [-0.2, 0) is 37.8 Å². The number of esters is 2. The smallest absolute Gasteiger partial charge is 0.355 e. The first-order chi connectivity index (χ1) is 18.6. The number of phenols is 1. The molecule has 0 fully saturated rings. The number of fused-ring (bicyclic) bond motifs is 5. The van der Waals surface area contributed by atoms with Crippen LogP contribution in [0.25, 0.3) is 22.3 Å². The van der Waals surface area contributed by atoms with Crippen molar-refractivity contribution in [2.45, 2.75) is 64.1 Å². The Hall–Kier alpha value is -3.76. The summed E-state index contributed by atoms with van der Waals surface area (Å²) in [5, 5.41) is 12.3. The van der Waals surface area contributed by atoms with Gasteiger partial charge in [0, 0.05) is 17.4 Å². The van der Waals surface area contributed by atoms with Gasteiger partial charge in [-0.25, -0.2) is 9.78 Å². The highest BCUT2D eigenvalue weighted by atomic mass is 28.3. The third-order valence-corrected chi connectivity index (χ3v) is 11.1. The average Bonchev–Trinajstić information content (AvgIpc) is 3.26. The summed E-state index contributed by atoms with van der Waals surface area (Å²) in [5.74, 6) is -1.11. The van der Waals surface area contributed by atoms with Crippen LogP contribution in [0.1, 0.15) is 42.9 Å². The minimum Gasteiger partial charge on any atom is -0.508 e. The van der Waals surface area contributed by atoms with E-state index in [4.69, 9.17) is 20.2 Å². The maximum atomic E-state index is 13.9. The van der Waals surface area contributed by atoms with Gasteiger partial charge in [-0.05, 0) is 60.4 Å². The highest BCUT2D eigenvalue weighted by molar-refractivity contribution is 6.92. The first-order valence-corrected chi connectivity index (χ1v) is 16.4. The van der Waals surface area contributed by atoms with E-state index in [0.717, 1.165) is 22.2 Å². The zero-order chi connectivity index (χ0) is 28.1. The van der Waals surface area contributed by atoms with E-state index in [9.17, 15) is 19.5 Å². The highest BCUT2D eigenvalue weighted by Gasteiger charge is 2.50. The molecule has 0 amide bonds. The predicted molar refractivity (Wildman–Crippen MR) is 150 cm³/mol. The van der Waals surface area contributed by atoms with Crippen molar-refractivity contribution in [3.05, 3.63) is 64.0 Å². The topological polar surface area (TPSA) is 134 Å². The summed E-state index contributed by atoms with van der Waals surface area (Å²) in [6, 6.07) is 7.69. The lowest BCUT2D eigenvalue weighted by atomic mass is 9.85. The molecule has 0 unspecified atom stereocenters. The number of ether oxygens (including phenoxy) is 2. The Bertz CT molecular complexity index is 1590. The zero-order valence-electron chi connectivity index (χ0n) is 22.5. The van der Waals surface area contributed by atoms with E-state index in [1.165, 1.54) is 0 Å². The number of aromatic nitrogens is 2. The van der Waals surface area contributed by atoms with Crippen LogP contribution in [0.2, 0.25) is 19.1 Å². The summed E-state index contributed by atoms with van der Waals surface area (Å²) in [6.07, 6.45) is 2.50. The molecule has 0 spiro atoms. The van der Waals surface area contributed by atoms with Gasteiger partial charge >= 0.3 is 11.9 Å². The molecule has 5 rings (SSSR count). The Morgan fingerprint density at radius 3 is 2.77 bits per heavy atom. The molecule has 3 N–H and O–H groups in total. The van der Waals surface area contributed by atoms with Gasteiger partial charge in [-0.1, -0.05) is 26.1 Å². The fraction of sp³-hybridized carbons (Fsp3) is 0.379. The standard InChI is InChI=1S/C29H33N3O6Si/c1-5-12-39(3,4)26-18-13-17(33)9-10-22(18)31-25-19(26)15-32-23(25)14-21-20(27(32)35)16-37-28(36)29(21,6-2)38-24(34)8-7-11-30/h5,9-10,13-14,33H,1,6-8,11-12,15-16,30H2,2-4H3/t29-/m0/s1. The van der Waals surface area contributed by atoms with Crippen molar-refractivity contribution in [1.29, 1.82) is 0 Å². The average molecular weight is 548 g/mol. The molecule has 204 valence electrons. The Morgan fingerprint density at radius 1 is 1.31 bits per heavy atom. The molecule has 39 heavy (non-hydrogen) atoms. The number of rotatable bonds is 8. The lowest BCUT2D eigenvalue weighted by Gasteiger charge is -2.35. The van der Waals surface area contributed by atoms with Gasteiger partial charge < -0.3 is 24.9 Å². The lowest BCUT2D eigenvalue weighted by molar-refractivity contribution is -0.189. The van der Waals surface area contributed by atoms with Crippen LogP contribution in [-0.4, -0.2) is 41.2 Å². The molecule has 0 saturated carbocycles. The van der Waals surface area contributed by atoms with Crippen LogP contribution < -0.4 is 16.5 Å². The molecule has 2 aliphatic heterocycles. The van der Waals surface area contributed by atoms with Gasteiger partial charge in [0.05, 0.1) is 37.1 Å². The van der Waals surface area contributed by atoms with Crippen LogP contribution in [0.15, 0.2) is 41.7 Å². The number of benzene rings is 1. The van der Waals surface area contributed by atoms with Crippen LogP contribution in [0.3, 0.4) is 0 Å². The van der Waals surface area contributed by atoms with Gasteiger partial charge in [0.25, 0.3) is 5.56 Å². The van der Waals surface area contributed by atoms with Crippen molar-refractivity contribution in [1.82, 2.24) is 9.55 Å². The number of allylic oxidation sites excluding steroid dienone is 1. The molecule has 0 radical (unpaired) electrons. The maximum Gasteiger partial charge on any atom is 0.355 e. The maximum absolute atomic E-state index is 13.9. The Balaban J connectivity index is 1.77. The molecule has 10 heteroatoms. The minimum absolute atomic E-state index is 0.0559. The predicted octanol–water partition coefficient (Wildman–Crippen LogP) is 3.18. The van der Waals surface area contributed by atoms with Gasteiger partial charge in [0.2, 0.25) is 5.60 Å². The number of hydrogen-bond donors (Lipinski definition) is 2. The summed E-state index contributed by atoms with van der Waals surface area (Å²) < 4.78 is 12.9. The third kappa shape index (κ3) is 4.18. The number of pyridine rings is 2. The molecule has 3 aromatic rings. The summed E-state index contributed by atoms with van der Waals surface area (Å²) >= 11 is 0. The number of hydrogen-bond acceptors (Lipinski definition) is 8. The van der Waals surface area contributed by atoms with E-state index in [1.807, 2.05) is 6.08 Å². The Kier molecular flexibility index (Phi) is 6.72. The third-order valence-electron chi connectivity index (χ3n) is 7.84. The van der Waals surface area contributed by atoms with E-state index >= 15 is 0 Å². The Labute approximate surface area is 227 Å². The van der Waals surface area contributed by atoms with Crippen LogP contribution in [0, 0.1) is 0 Å². The lowest BCUT2D eigenvalue weighted by Crippen LogP contribution is -2.47. The van der Waals surface area contributed by atoms with Gasteiger partial charge in [0.1, 0.15) is 12.4 Å². The van der Waals surface area contributed by atoms with Crippen LogP contribution >= 0.6 is 0 Å². The summed E-state index contributed by atoms with van der Waals surface area (Å²) in [5.41, 5.74) is 7.04. The molecule has 0 aliphatic carbocycles. The normalized spacial score (nSPS) is 17.8. The second-order valence-electron chi connectivity index (χ2n) is 10.8.